The number of carbonyl (C=O) groups excluding carboxylic acids is 2. The van der Waals surface area contributed by atoms with E-state index in [-0.39, 0.29) is 50.6 Å². The summed E-state index contributed by atoms with van der Waals surface area (Å²) in [6, 6.07) is 0. The van der Waals surface area contributed by atoms with Gasteiger partial charge in [0.05, 0.1) is 0 Å². The molecular formula is C32H62CaO4. The molecule has 0 spiro atoms. The maximum atomic E-state index is 10.2. The van der Waals surface area contributed by atoms with Crippen LogP contribution in [0.4, 0.5) is 0 Å². The van der Waals surface area contributed by atoms with Crippen LogP contribution in [0.15, 0.2) is 0 Å². The summed E-state index contributed by atoms with van der Waals surface area (Å²) in [6.07, 6.45) is 33.9. The van der Waals surface area contributed by atoms with Crippen LogP contribution in [0.3, 0.4) is 0 Å². The fourth-order valence-corrected chi connectivity index (χ4v) is 4.57. The van der Waals surface area contributed by atoms with Crippen molar-refractivity contribution in [2.75, 3.05) is 0 Å². The minimum atomic E-state index is -0.907. The molecule has 0 N–H and O–H groups in total. The molecule has 4 nitrogen and oxygen atoms in total. The van der Waals surface area contributed by atoms with Crippen molar-refractivity contribution < 1.29 is 19.8 Å². The molecule has 0 fully saturated rings. The summed E-state index contributed by atoms with van der Waals surface area (Å²) in [4.78, 5) is 20.4. The van der Waals surface area contributed by atoms with Crippen LogP contribution in [0.5, 0.6) is 0 Å². The second kappa shape index (κ2) is 38.3. The number of hydrogen-bond donors (Lipinski definition) is 0. The van der Waals surface area contributed by atoms with Gasteiger partial charge >= 0.3 is 37.7 Å². The van der Waals surface area contributed by atoms with E-state index in [2.05, 4.69) is 13.8 Å². The van der Waals surface area contributed by atoms with E-state index in [0.717, 1.165) is 25.7 Å². The van der Waals surface area contributed by atoms with Gasteiger partial charge in [0.2, 0.25) is 0 Å². The fraction of sp³-hybridized carbons (Fsp3) is 0.938. The molecule has 5 heteroatoms. The molecule has 0 saturated carbocycles. The third-order valence-electron chi connectivity index (χ3n) is 6.97. The number of aliphatic carboxylic acids is 2. The van der Waals surface area contributed by atoms with Gasteiger partial charge in [-0.1, -0.05) is 168 Å². The minimum Gasteiger partial charge on any atom is -0.550 e. The van der Waals surface area contributed by atoms with Crippen LogP contribution in [0.1, 0.15) is 194 Å². The van der Waals surface area contributed by atoms with E-state index in [1.165, 1.54) is 141 Å². The average molecular weight is 551 g/mol. The molecule has 0 atom stereocenters. The number of unbranched alkanes of at least 4 members (excludes halogenated alkanes) is 24. The monoisotopic (exact) mass is 550 g/mol. The van der Waals surface area contributed by atoms with Gasteiger partial charge < -0.3 is 19.8 Å². The Balaban J connectivity index is -0.000000623. The first-order valence-electron chi connectivity index (χ1n) is 15.9. The summed E-state index contributed by atoms with van der Waals surface area (Å²) >= 11 is 0. The molecule has 0 heterocycles. The maximum Gasteiger partial charge on any atom is 2.00 e. The second-order valence-corrected chi connectivity index (χ2v) is 10.7. The second-order valence-electron chi connectivity index (χ2n) is 10.7. The molecule has 0 rings (SSSR count). The third kappa shape index (κ3) is 46.4. The van der Waals surface area contributed by atoms with Crippen LogP contribution in [0.2, 0.25) is 0 Å². The quantitative estimate of drug-likeness (QED) is 0.0729. The van der Waals surface area contributed by atoms with E-state index >= 15 is 0 Å². The summed E-state index contributed by atoms with van der Waals surface area (Å²) in [7, 11) is 0. The molecule has 0 aromatic rings. The fourth-order valence-electron chi connectivity index (χ4n) is 4.57. The first-order chi connectivity index (χ1) is 17.5. The van der Waals surface area contributed by atoms with E-state index in [0.29, 0.717) is 0 Å². The Hall–Kier alpha value is 0.200. The Morgan fingerprint density at radius 2 is 0.514 bits per heavy atom. The van der Waals surface area contributed by atoms with Crippen molar-refractivity contribution in [2.24, 2.45) is 0 Å². The van der Waals surface area contributed by atoms with Crippen molar-refractivity contribution >= 4 is 49.7 Å². The zero-order chi connectivity index (χ0) is 27.0. The zero-order valence-corrected chi connectivity index (χ0v) is 27.3. The average Bonchev–Trinajstić information content (AvgIpc) is 2.85. The molecule has 0 aromatic heterocycles. The summed E-state index contributed by atoms with van der Waals surface area (Å²) in [5, 5.41) is 20.4. The minimum absolute atomic E-state index is 0. The van der Waals surface area contributed by atoms with Gasteiger partial charge in [0.15, 0.2) is 0 Å². The first-order valence-corrected chi connectivity index (χ1v) is 15.9. The number of rotatable bonds is 28. The number of carboxylic acid groups (broad SMARTS) is 2. The Bertz CT molecular complexity index is 443. The summed E-state index contributed by atoms with van der Waals surface area (Å²) in [5.74, 6) is -1.81. The molecule has 0 saturated heterocycles. The third-order valence-corrected chi connectivity index (χ3v) is 6.97. The maximum absolute atomic E-state index is 10.2. The molecule has 216 valence electrons. The van der Waals surface area contributed by atoms with Gasteiger partial charge in [-0.25, -0.2) is 0 Å². The Labute approximate surface area is 261 Å². The van der Waals surface area contributed by atoms with Gasteiger partial charge in [0.25, 0.3) is 0 Å². The standard InChI is InChI=1S/C18H36O2.C14H28O2.Ca/c1-2-3-4-5-6-7-8-9-10-11-12-13-14-15-16-17-18(19)20;1-2-3-4-5-6-7-8-9-10-11-12-13-14(15)16;/h2-17H2,1H3,(H,19,20);2-13H2,1H3,(H,15,16);/q;;+2/p-2. The topological polar surface area (TPSA) is 80.3 Å². The van der Waals surface area contributed by atoms with Crippen molar-refractivity contribution in [3.8, 4) is 0 Å². The van der Waals surface area contributed by atoms with Crippen LogP contribution >= 0.6 is 0 Å². The molecule has 0 bridgehead atoms. The van der Waals surface area contributed by atoms with Gasteiger partial charge in [-0.05, 0) is 25.7 Å². The largest absolute Gasteiger partial charge is 2.00 e. The smallest absolute Gasteiger partial charge is 0.550 e. The predicted octanol–water partition coefficient (Wildman–Crippen LogP) is 8.05. The Kier molecular flexibility index (Phi) is 43.2. The molecule has 0 aliphatic rings. The molecule has 0 aliphatic carbocycles. The Morgan fingerprint density at radius 1 is 0.351 bits per heavy atom. The number of carbonyl (C=O) groups is 2. The van der Waals surface area contributed by atoms with Gasteiger partial charge in [-0.3, -0.25) is 0 Å². The number of hydrogen-bond acceptors (Lipinski definition) is 4. The SMILES string of the molecule is CCCCCCCCCCCCCC(=O)[O-].CCCCCCCCCCCCCCCCCC(=O)[O-].[Ca+2]. The van der Waals surface area contributed by atoms with Crippen molar-refractivity contribution in [3.05, 3.63) is 0 Å². The van der Waals surface area contributed by atoms with Crippen molar-refractivity contribution in [1.29, 1.82) is 0 Å². The van der Waals surface area contributed by atoms with Crippen molar-refractivity contribution in [3.63, 3.8) is 0 Å². The van der Waals surface area contributed by atoms with Gasteiger partial charge in [0.1, 0.15) is 0 Å². The van der Waals surface area contributed by atoms with Crippen molar-refractivity contribution in [2.45, 2.75) is 194 Å². The molecule has 0 radical (unpaired) electrons. The molecule has 0 aromatic carbocycles. The Morgan fingerprint density at radius 3 is 0.676 bits per heavy atom. The van der Waals surface area contributed by atoms with E-state index in [1.807, 2.05) is 0 Å². The van der Waals surface area contributed by atoms with Crippen LogP contribution < -0.4 is 10.2 Å². The normalized spacial score (nSPS) is 10.4. The zero-order valence-electron chi connectivity index (χ0n) is 25.1. The van der Waals surface area contributed by atoms with Crippen LogP contribution in [-0.2, 0) is 9.59 Å². The van der Waals surface area contributed by atoms with Gasteiger partial charge in [0, 0.05) is 11.9 Å². The number of carboxylic acids is 2. The molecule has 0 unspecified atom stereocenters. The van der Waals surface area contributed by atoms with Crippen molar-refractivity contribution in [1.82, 2.24) is 0 Å². The summed E-state index contributed by atoms with van der Waals surface area (Å²) < 4.78 is 0. The van der Waals surface area contributed by atoms with Gasteiger partial charge in [-0.15, -0.1) is 0 Å². The molecule has 0 aliphatic heterocycles. The van der Waals surface area contributed by atoms with Crippen LogP contribution in [-0.4, -0.2) is 49.7 Å². The molecular weight excluding hydrogens is 488 g/mol. The predicted molar refractivity (Wildman–Crippen MR) is 156 cm³/mol. The van der Waals surface area contributed by atoms with Crippen LogP contribution in [0, 0.1) is 0 Å². The first kappa shape index (κ1) is 41.7. The van der Waals surface area contributed by atoms with E-state index in [4.69, 9.17) is 0 Å². The van der Waals surface area contributed by atoms with Crippen LogP contribution in [0.25, 0.3) is 0 Å². The van der Waals surface area contributed by atoms with Gasteiger partial charge in [-0.2, -0.15) is 0 Å². The van der Waals surface area contributed by atoms with E-state index in [1.54, 1.807) is 0 Å². The summed E-state index contributed by atoms with van der Waals surface area (Å²) in [5.41, 5.74) is 0. The summed E-state index contributed by atoms with van der Waals surface area (Å²) in [6.45, 7) is 4.51. The van der Waals surface area contributed by atoms with E-state index < -0.39 is 11.9 Å². The molecule has 0 amide bonds. The van der Waals surface area contributed by atoms with E-state index in [9.17, 15) is 19.8 Å². The molecule has 37 heavy (non-hydrogen) atoms.